The van der Waals surface area contributed by atoms with Crippen LogP contribution in [0.5, 0.6) is 0 Å². The molecule has 1 saturated heterocycles. The van der Waals surface area contributed by atoms with Gasteiger partial charge < -0.3 is 9.88 Å². The Kier molecular flexibility index (Phi) is 5.89. The molecule has 1 aromatic carbocycles. The number of amides is 1. The van der Waals surface area contributed by atoms with Gasteiger partial charge in [-0.05, 0) is 63.5 Å². The summed E-state index contributed by atoms with van der Waals surface area (Å²) < 4.78 is 0. The molecular formula is C26H34N4O2. The molecule has 3 heterocycles. The first-order chi connectivity index (χ1) is 15.5. The first kappa shape index (κ1) is 21.4. The van der Waals surface area contributed by atoms with Gasteiger partial charge in [-0.3, -0.25) is 14.5 Å². The predicted octanol–water partition coefficient (Wildman–Crippen LogP) is 3.99. The number of aromatic amines is 1. The lowest BCUT2D eigenvalue weighted by Gasteiger charge is -2.38. The van der Waals surface area contributed by atoms with Crippen LogP contribution in [0.1, 0.15) is 84.5 Å². The van der Waals surface area contributed by atoms with E-state index >= 15 is 0 Å². The second kappa shape index (κ2) is 8.81. The third kappa shape index (κ3) is 4.13. The number of benzene rings is 1. The highest BCUT2D eigenvalue weighted by atomic mass is 16.2. The third-order valence-electron chi connectivity index (χ3n) is 7.75. The fourth-order valence-corrected chi connectivity index (χ4v) is 5.70. The maximum atomic E-state index is 13.2. The average Bonchev–Trinajstić information content (AvgIpc) is 3.29. The summed E-state index contributed by atoms with van der Waals surface area (Å²) in [5.74, 6) is 1.50. The molecular weight excluding hydrogens is 400 g/mol. The zero-order valence-electron chi connectivity index (χ0n) is 19.3. The summed E-state index contributed by atoms with van der Waals surface area (Å²) in [5.41, 5.74) is 3.57. The van der Waals surface area contributed by atoms with Crippen molar-refractivity contribution < 1.29 is 4.79 Å². The zero-order chi connectivity index (χ0) is 22.2. The normalized spacial score (nSPS) is 26.2. The average molecular weight is 435 g/mol. The van der Waals surface area contributed by atoms with Crippen molar-refractivity contribution in [3.63, 3.8) is 0 Å². The first-order valence-corrected chi connectivity index (χ1v) is 12.2. The number of carbonyl (C=O) groups excluding carboxylic acids is 1. The van der Waals surface area contributed by atoms with E-state index in [1.807, 2.05) is 36.1 Å². The van der Waals surface area contributed by atoms with Gasteiger partial charge in [-0.15, -0.1) is 0 Å². The lowest BCUT2D eigenvalue weighted by molar-refractivity contribution is 0.0729. The summed E-state index contributed by atoms with van der Waals surface area (Å²) in [7, 11) is 0. The monoisotopic (exact) mass is 434 g/mol. The van der Waals surface area contributed by atoms with Crippen molar-refractivity contribution in [2.45, 2.75) is 77.4 Å². The molecule has 0 unspecified atom stereocenters. The molecule has 1 aliphatic carbocycles. The second-order valence-electron chi connectivity index (χ2n) is 10.0. The Labute approximate surface area is 190 Å². The van der Waals surface area contributed by atoms with E-state index in [2.05, 4.69) is 16.8 Å². The molecule has 3 aliphatic rings. The standard InChI is InChI=1S/C26H34N4O2/c1-17-5-9-19(10-6-17)26(32)30-14-3-4-23(30)24-27-22-13-15-29(16-21(22)25(31)28-24)20-11-7-18(2)8-12-20/h5-6,9-10,18,20,23H,3-4,7-8,11-16H2,1-2H3,(H,27,28,31)/t18?,20?,23-/m0/s1. The van der Waals surface area contributed by atoms with E-state index in [-0.39, 0.29) is 17.5 Å². The number of fused-ring (bicyclic) bond motifs is 1. The number of aryl methyl sites for hydroxylation is 1. The van der Waals surface area contributed by atoms with Crippen molar-refractivity contribution in [3.05, 3.63) is 62.8 Å². The van der Waals surface area contributed by atoms with Crippen LogP contribution in [0.2, 0.25) is 0 Å². The minimum Gasteiger partial charge on any atom is -0.328 e. The highest BCUT2D eigenvalue weighted by molar-refractivity contribution is 5.94. The van der Waals surface area contributed by atoms with Gasteiger partial charge in [0.05, 0.1) is 17.3 Å². The summed E-state index contributed by atoms with van der Waals surface area (Å²) in [6.45, 7) is 6.73. The maximum absolute atomic E-state index is 13.2. The maximum Gasteiger partial charge on any atom is 0.255 e. The molecule has 1 amide bonds. The smallest absolute Gasteiger partial charge is 0.255 e. The van der Waals surface area contributed by atoms with Crippen LogP contribution in [-0.2, 0) is 13.0 Å². The Morgan fingerprint density at radius 2 is 1.81 bits per heavy atom. The van der Waals surface area contributed by atoms with Crippen LogP contribution in [0.3, 0.4) is 0 Å². The van der Waals surface area contributed by atoms with Gasteiger partial charge in [-0.25, -0.2) is 4.98 Å². The number of aromatic nitrogens is 2. The number of carbonyl (C=O) groups is 1. The van der Waals surface area contributed by atoms with Crippen molar-refractivity contribution in [1.82, 2.24) is 19.8 Å². The molecule has 0 radical (unpaired) electrons. The molecule has 1 aromatic heterocycles. The summed E-state index contributed by atoms with van der Waals surface area (Å²) >= 11 is 0. The fraction of sp³-hybridized carbons (Fsp3) is 0.577. The quantitative estimate of drug-likeness (QED) is 0.793. The van der Waals surface area contributed by atoms with Crippen LogP contribution in [-0.4, -0.2) is 44.8 Å². The van der Waals surface area contributed by atoms with Gasteiger partial charge >= 0.3 is 0 Å². The molecule has 1 saturated carbocycles. The molecule has 6 heteroatoms. The number of rotatable bonds is 3. The summed E-state index contributed by atoms with van der Waals surface area (Å²) in [5, 5.41) is 0. The van der Waals surface area contributed by atoms with Crippen molar-refractivity contribution >= 4 is 5.91 Å². The van der Waals surface area contributed by atoms with E-state index in [0.717, 1.165) is 48.5 Å². The van der Waals surface area contributed by atoms with Gasteiger partial charge in [0.1, 0.15) is 5.82 Å². The molecule has 5 rings (SSSR count). The Bertz CT molecular complexity index is 1040. The lowest BCUT2D eigenvalue weighted by Crippen LogP contribution is -2.44. The molecule has 1 atom stereocenters. The summed E-state index contributed by atoms with van der Waals surface area (Å²) in [6.07, 6.45) is 7.62. The van der Waals surface area contributed by atoms with E-state index < -0.39 is 0 Å². The number of nitrogens with one attached hydrogen (secondary N) is 1. The zero-order valence-corrected chi connectivity index (χ0v) is 19.3. The molecule has 2 fully saturated rings. The molecule has 6 nitrogen and oxygen atoms in total. The minimum absolute atomic E-state index is 0.0190. The Hall–Kier alpha value is -2.47. The largest absolute Gasteiger partial charge is 0.328 e. The predicted molar refractivity (Wildman–Crippen MR) is 125 cm³/mol. The van der Waals surface area contributed by atoms with Gasteiger partial charge in [0.15, 0.2) is 0 Å². The molecule has 2 aromatic rings. The minimum atomic E-state index is -0.153. The Morgan fingerprint density at radius 3 is 2.56 bits per heavy atom. The number of hydrogen-bond donors (Lipinski definition) is 1. The lowest BCUT2D eigenvalue weighted by atomic mass is 9.86. The highest BCUT2D eigenvalue weighted by Gasteiger charge is 2.34. The van der Waals surface area contributed by atoms with Crippen LogP contribution >= 0.6 is 0 Å². The Balaban J connectivity index is 1.35. The van der Waals surface area contributed by atoms with Crippen LogP contribution < -0.4 is 5.56 Å². The Morgan fingerprint density at radius 1 is 1.06 bits per heavy atom. The van der Waals surface area contributed by atoms with E-state index in [1.54, 1.807) is 0 Å². The van der Waals surface area contributed by atoms with Crippen LogP contribution in [0.25, 0.3) is 0 Å². The highest BCUT2D eigenvalue weighted by Crippen LogP contribution is 2.33. The van der Waals surface area contributed by atoms with Gasteiger partial charge in [-0.2, -0.15) is 0 Å². The van der Waals surface area contributed by atoms with Gasteiger partial charge in [-0.1, -0.05) is 24.6 Å². The van der Waals surface area contributed by atoms with Crippen LogP contribution in [0.4, 0.5) is 0 Å². The van der Waals surface area contributed by atoms with Gasteiger partial charge in [0.2, 0.25) is 0 Å². The van der Waals surface area contributed by atoms with Crippen LogP contribution in [0.15, 0.2) is 29.1 Å². The third-order valence-corrected chi connectivity index (χ3v) is 7.75. The SMILES string of the molecule is Cc1ccc(C(=O)N2CCC[C@H]2c2nc3c(c(=O)[nH]2)CN(C2CCC(C)CC2)CC3)cc1. The molecule has 1 N–H and O–H groups in total. The first-order valence-electron chi connectivity index (χ1n) is 12.2. The van der Waals surface area contributed by atoms with Crippen molar-refractivity contribution in [2.24, 2.45) is 5.92 Å². The van der Waals surface area contributed by atoms with Crippen LogP contribution in [0, 0.1) is 12.8 Å². The number of hydrogen-bond acceptors (Lipinski definition) is 4. The van der Waals surface area contributed by atoms with E-state index in [1.165, 1.54) is 25.7 Å². The molecule has 170 valence electrons. The topological polar surface area (TPSA) is 69.3 Å². The summed E-state index contributed by atoms with van der Waals surface area (Å²) in [4.78, 5) is 38.6. The van der Waals surface area contributed by atoms with Gasteiger partial charge in [0, 0.05) is 37.7 Å². The fourth-order valence-electron chi connectivity index (χ4n) is 5.70. The van der Waals surface area contributed by atoms with Gasteiger partial charge in [0.25, 0.3) is 11.5 Å². The summed E-state index contributed by atoms with van der Waals surface area (Å²) in [6, 6.07) is 8.15. The number of nitrogens with zero attached hydrogens (tertiary/aromatic N) is 3. The molecule has 32 heavy (non-hydrogen) atoms. The molecule has 2 aliphatic heterocycles. The molecule has 0 spiro atoms. The van der Waals surface area contributed by atoms with E-state index in [0.29, 0.717) is 30.5 Å². The van der Waals surface area contributed by atoms with Crippen molar-refractivity contribution in [3.8, 4) is 0 Å². The number of H-pyrrole nitrogens is 1. The number of likely N-dealkylation sites (tertiary alicyclic amines) is 1. The van der Waals surface area contributed by atoms with Crippen molar-refractivity contribution in [2.75, 3.05) is 13.1 Å². The van der Waals surface area contributed by atoms with Crippen molar-refractivity contribution in [1.29, 1.82) is 0 Å². The van der Waals surface area contributed by atoms with E-state index in [4.69, 9.17) is 4.98 Å². The molecule has 0 bridgehead atoms. The van der Waals surface area contributed by atoms with E-state index in [9.17, 15) is 9.59 Å². The second-order valence-corrected chi connectivity index (χ2v) is 10.0.